The molecule has 0 aliphatic carbocycles. The molecule has 0 spiro atoms. The summed E-state index contributed by atoms with van der Waals surface area (Å²) in [6, 6.07) is 11.7. The van der Waals surface area contributed by atoms with E-state index in [0.717, 1.165) is 0 Å². The molecule has 0 bridgehead atoms. The zero-order chi connectivity index (χ0) is 20.9. The van der Waals surface area contributed by atoms with Crippen molar-refractivity contribution in [2.24, 2.45) is 5.41 Å². The number of aromatic nitrogens is 2. The van der Waals surface area contributed by atoms with Crippen molar-refractivity contribution in [3.63, 3.8) is 0 Å². The lowest BCUT2D eigenvalue weighted by Gasteiger charge is -2.40. The van der Waals surface area contributed by atoms with Crippen LogP contribution in [0.25, 0.3) is 5.69 Å². The first-order valence-corrected chi connectivity index (χ1v) is 9.62. The molecular formula is C21H25N3O5. The van der Waals surface area contributed by atoms with Gasteiger partial charge in [-0.2, -0.15) is 9.78 Å². The van der Waals surface area contributed by atoms with Crippen molar-refractivity contribution in [1.29, 1.82) is 0 Å². The zero-order valence-electron chi connectivity index (χ0n) is 16.7. The summed E-state index contributed by atoms with van der Waals surface area (Å²) in [5.74, 6) is -0.694. The van der Waals surface area contributed by atoms with Crippen LogP contribution in [0.15, 0.2) is 47.3 Å². The van der Waals surface area contributed by atoms with Crippen LogP contribution in [0.1, 0.15) is 30.3 Å². The van der Waals surface area contributed by atoms with Gasteiger partial charge in [0, 0.05) is 26.3 Å². The van der Waals surface area contributed by atoms with Gasteiger partial charge >= 0.3 is 5.97 Å². The Hall–Kier alpha value is -3.00. The van der Waals surface area contributed by atoms with Crippen molar-refractivity contribution >= 4 is 11.9 Å². The Balaban J connectivity index is 1.88. The molecule has 0 N–H and O–H groups in total. The summed E-state index contributed by atoms with van der Waals surface area (Å²) in [6.07, 6.45) is 1.23. The van der Waals surface area contributed by atoms with Gasteiger partial charge in [0.25, 0.3) is 11.5 Å². The molecule has 1 fully saturated rings. The largest absolute Gasteiger partial charge is 0.465 e. The molecule has 8 nitrogen and oxygen atoms in total. The summed E-state index contributed by atoms with van der Waals surface area (Å²) in [5, 5.41) is 4.26. The Labute approximate surface area is 169 Å². The maximum absolute atomic E-state index is 13.1. The highest BCUT2D eigenvalue weighted by atomic mass is 16.5. The van der Waals surface area contributed by atoms with Crippen molar-refractivity contribution < 1.29 is 19.1 Å². The van der Waals surface area contributed by atoms with E-state index in [-0.39, 0.29) is 42.9 Å². The van der Waals surface area contributed by atoms with Crippen molar-refractivity contribution in [3.8, 4) is 5.69 Å². The minimum absolute atomic E-state index is 0.144. The quantitative estimate of drug-likeness (QED) is 0.687. The number of piperidine rings is 1. The van der Waals surface area contributed by atoms with E-state index in [0.29, 0.717) is 25.1 Å². The molecule has 8 heteroatoms. The van der Waals surface area contributed by atoms with Crippen LogP contribution in [0.4, 0.5) is 0 Å². The van der Waals surface area contributed by atoms with E-state index < -0.39 is 5.41 Å². The number of rotatable bonds is 6. The van der Waals surface area contributed by atoms with E-state index in [9.17, 15) is 14.4 Å². The van der Waals surface area contributed by atoms with Gasteiger partial charge in [0.1, 0.15) is 11.1 Å². The standard InChI is InChI=1S/C21H25N3O5/c1-3-29-20(27)21(15-28-2)12-7-13-23(14-21)19(26)17-10-11-18(25)24(22-17)16-8-5-4-6-9-16/h4-6,8-11H,3,7,12-15H2,1-2H3/t21-/m1/s1. The van der Waals surface area contributed by atoms with Crippen LogP contribution in [0, 0.1) is 5.41 Å². The average molecular weight is 399 g/mol. The fraction of sp³-hybridized carbons (Fsp3) is 0.429. The molecule has 1 atom stereocenters. The number of benzene rings is 1. The summed E-state index contributed by atoms with van der Waals surface area (Å²) in [5.41, 5.74) is -0.504. The van der Waals surface area contributed by atoms with Gasteiger partial charge in [-0.05, 0) is 38.0 Å². The topological polar surface area (TPSA) is 90.7 Å². The van der Waals surface area contributed by atoms with E-state index in [2.05, 4.69) is 5.10 Å². The number of hydrogen-bond donors (Lipinski definition) is 0. The third kappa shape index (κ3) is 4.37. The van der Waals surface area contributed by atoms with Gasteiger partial charge in [0.15, 0.2) is 0 Å². The third-order valence-corrected chi connectivity index (χ3v) is 5.01. The molecule has 3 rings (SSSR count). The van der Waals surface area contributed by atoms with Gasteiger partial charge < -0.3 is 14.4 Å². The lowest BCUT2D eigenvalue weighted by atomic mass is 9.80. The zero-order valence-corrected chi connectivity index (χ0v) is 16.7. The van der Waals surface area contributed by atoms with Crippen LogP contribution in [-0.2, 0) is 14.3 Å². The van der Waals surface area contributed by atoms with Gasteiger partial charge in [-0.25, -0.2) is 0 Å². The number of likely N-dealkylation sites (tertiary alicyclic amines) is 1. The Bertz CT molecular complexity index is 923. The third-order valence-electron chi connectivity index (χ3n) is 5.01. The first-order valence-electron chi connectivity index (χ1n) is 9.62. The molecule has 1 aromatic heterocycles. The van der Waals surface area contributed by atoms with E-state index in [1.54, 1.807) is 36.1 Å². The molecular weight excluding hydrogens is 374 g/mol. The molecule has 2 heterocycles. The number of hydrogen-bond acceptors (Lipinski definition) is 6. The number of carbonyl (C=O) groups is 2. The Morgan fingerprint density at radius 3 is 2.62 bits per heavy atom. The summed E-state index contributed by atoms with van der Waals surface area (Å²) >= 11 is 0. The smallest absolute Gasteiger partial charge is 0.316 e. The van der Waals surface area contributed by atoms with Crippen molar-refractivity contribution in [1.82, 2.24) is 14.7 Å². The maximum atomic E-state index is 13.1. The molecule has 1 aromatic carbocycles. The Morgan fingerprint density at radius 1 is 1.17 bits per heavy atom. The number of methoxy groups -OCH3 is 1. The minimum Gasteiger partial charge on any atom is -0.465 e. The highest BCUT2D eigenvalue weighted by molar-refractivity contribution is 5.93. The first-order chi connectivity index (χ1) is 14.0. The predicted molar refractivity (Wildman–Crippen MR) is 106 cm³/mol. The van der Waals surface area contributed by atoms with Crippen molar-refractivity contribution in [2.75, 3.05) is 33.4 Å². The Morgan fingerprint density at radius 2 is 1.93 bits per heavy atom. The SMILES string of the molecule is CCOC(=O)[C@]1(COC)CCCN(C(=O)c2ccc(=O)n(-c3ccccc3)n2)C1. The second kappa shape index (κ2) is 9.00. The van der Waals surface area contributed by atoms with Crippen LogP contribution in [0.5, 0.6) is 0 Å². The summed E-state index contributed by atoms with van der Waals surface area (Å²) in [4.78, 5) is 39.5. The van der Waals surface area contributed by atoms with Crippen LogP contribution < -0.4 is 5.56 Å². The number of carbonyl (C=O) groups excluding carboxylic acids is 2. The fourth-order valence-electron chi connectivity index (χ4n) is 3.65. The summed E-state index contributed by atoms with van der Waals surface area (Å²) in [7, 11) is 1.53. The minimum atomic E-state index is -0.896. The van der Waals surface area contributed by atoms with Crippen LogP contribution in [-0.4, -0.2) is 60.0 Å². The molecule has 0 unspecified atom stereocenters. The van der Waals surface area contributed by atoms with Crippen molar-refractivity contribution in [2.45, 2.75) is 19.8 Å². The number of nitrogens with zero attached hydrogens (tertiary/aromatic N) is 3. The van der Waals surface area contributed by atoms with Gasteiger partial charge in [0.05, 0.1) is 18.9 Å². The first kappa shape index (κ1) is 20.7. The van der Waals surface area contributed by atoms with E-state index in [1.807, 2.05) is 6.07 Å². The molecule has 154 valence electrons. The number of ether oxygens (including phenoxy) is 2. The number of para-hydroxylation sites is 1. The molecule has 1 saturated heterocycles. The Kier molecular flexibility index (Phi) is 6.43. The van der Waals surface area contributed by atoms with E-state index in [1.165, 1.54) is 23.9 Å². The van der Waals surface area contributed by atoms with Crippen LogP contribution in [0.2, 0.25) is 0 Å². The summed E-state index contributed by atoms with van der Waals surface area (Å²) in [6.45, 7) is 2.87. The normalized spacial score (nSPS) is 19.0. The lowest BCUT2D eigenvalue weighted by molar-refractivity contribution is -0.162. The molecule has 1 aliphatic heterocycles. The molecule has 0 radical (unpaired) electrons. The van der Waals surface area contributed by atoms with E-state index in [4.69, 9.17) is 9.47 Å². The molecule has 1 aliphatic rings. The van der Waals surface area contributed by atoms with Gasteiger partial charge in [-0.15, -0.1) is 0 Å². The van der Waals surface area contributed by atoms with Crippen LogP contribution in [0.3, 0.4) is 0 Å². The molecule has 0 saturated carbocycles. The number of esters is 1. The molecule has 2 aromatic rings. The van der Waals surface area contributed by atoms with Gasteiger partial charge in [0.2, 0.25) is 0 Å². The van der Waals surface area contributed by atoms with Gasteiger partial charge in [-0.3, -0.25) is 14.4 Å². The highest BCUT2D eigenvalue weighted by Crippen LogP contribution is 2.32. The van der Waals surface area contributed by atoms with E-state index >= 15 is 0 Å². The molecule has 29 heavy (non-hydrogen) atoms. The highest BCUT2D eigenvalue weighted by Gasteiger charge is 2.45. The maximum Gasteiger partial charge on any atom is 0.316 e. The van der Waals surface area contributed by atoms with Crippen molar-refractivity contribution in [3.05, 3.63) is 58.5 Å². The fourth-order valence-corrected chi connectivity index (χ4v) is 3.65. The lowest BCUT2D eigenvalue weighted by Crippen LogP contribution is -2.53. The predicted octanol–water partition coefficient (Wildman–Crippen LogP) is 1.66. The number of amides is 1. The second-order valence-electron chi connectivity index (χ2n) is 7.07. The monoisotopic (exact) mass is 399 g/mol. The molecule has 1 amide bonds. The second-order valence-corrected chi connectivity index (χ2v) is 7.07. The van der Waals surface area contributed by atoms with Crippen LogP contribution >= 0.6 is 0 Å². The summed E-state index contributed by atoms with van der Waals surface area (Å²) < 4.78 is 11.7. The van der Waals surface area contributed by atoms with Gasteiger partial charge in [-0.1, -0.05) is 18.2 Å². The average Bonchev–Trinajstić information content (AvgIpc) is 2.75.